The largest absolute Gasteiger partial charge is 0.394 e. The fraction of sp³-hybridized carbons (Fsp3) is 0.969. The molecule has 10 heterocycles. The summed E-state index contributed by atoms with van der Waals surface area (Å²) >= 11 is 0. The van der Waals surface area contributed by atoms with Crippen molar-refractivity contribution in [2.45, 2.75) is 321 Å². The first-order valence-corrected chi connectivity index (χ1v) is 37.2. The van der Waals surface area contributed by atoms with Gasteiger partial charge in [0.25, 0.3) is 0 Å². The van der Waals surface area contributed by atoms with Crippen molar-refractivity contribution < 1.29 is 253 Å². The summed E-state index contributed by atoms with van der Waals surface area (Å²) < 4.78 is 112. The second-order valence-electron chi connectivity index (χ2n) is 29.5. The number of hydrogen-bond acceptors (Lipinski definition) is 51. The van der Waals surface area contributed by atoms with Crippen molar-refractivity contribution in [2.24, 2.45) is 0 Å². The third-order valence-corrected chi connectivity index (χ3v) is 21.6. The van der Waals surface area contributed by atoms with Crippen molar-refractivity contribution in [3.8, 4) is 0 Å². The van der Waals surface area contributed by atoms with E-state index in [2.05, 4.69) is 10.6 Å². The van der Waals surface area contributed by atoms with Crippen molar-refractivity contribution in [1.82, 2.24) is 10.6 Å². The number of hydrogen-bond donors (Lipinski definition) is 32. The first-order chi connectivity index (χ1) is 55.4. The molecule has 53 heteroatoms. The first kappa shape index (κ1) is 96.2. The van der Waals surface area contributed by atoms with E-state index in [1.807, 2.05) is 0 Å². The van der Waals surface area contributed by atoms with E-state index in [-0.39, 0.29) is 0 Å². The second-order valence-corrected chi connectivity index (χ2v) is 29.5. The molecule has 10 fully saturated rings. The number of ether oxygens (including phenoxy) is 19. The van der Waals surface area contributed by atoms with Gasteiger partial charge in [0.05, 0.1) is 66.1 Å². The molecule has 10 saturated heterocycles. The SMILES string of the molecule is CC(=O)NC1C(O)OC(CO)C(OC2OC(CO)C(OC3OC(COC4OC(COC5OC(CO)C(O)C(O)C5OC5OC(CO)C(O)C(O)C5O)C(O)C(OC5OC(CO)C(O)C(O)C5O)C4OC4OC(C(O)CO)C(O)C4O)C(O)C(OC4OC(CO)C(O)C(O)C4OC4OC(CO)C(O)C(O)C4O)C3O)C(O)C2NC(C)=O)C1O. The highest BCUT2D eigenvalue weighted by atomic mass is 16.8. The van der Waals surface area contributed by atoms with E-state index >= 15 is 0 Å². The molecule has 0 saturated carbocycles. The molecule has 0 aromatic rings. The highest BCUT2D eigenvalue weighted by Crippen LogP contribution is 2.41. The molecule has 10 aliphatic heterocycles. The third kappa shape index (κ3) is 20.7. The highest BCUT2D eigenvalue weighted by Gasteiger charge is 2.62. The number of amides is 2. The van der Waals surface area contributed by atoms with Crippen LogP contribution in [0.5, 0.6) is 0 Å². The van der Waals surface area contributed by atoms with Crippen molar-refractivity contribution in [3.05, 3.63) is 0 Å². The highest BCUT2D eigenvalue weighted by molar-refractivity contribution is 5.73. The summed E-state index contributed by atoms with van der Waals surface area (Å²) in [5.41, 5.74) is 0. The van der Waals surface area contributed by atoms with Crippen LogP contribution in [0.15, 0.2) is 0 Å². The van der Waals surface area contributed by atoms with Gasteiger partial charge < -0.3 is 254 Å². The van der Waals surface area contributed by atoms with Crippen LogP contribution in [0.3, 0.4) is 0 Å². The average Bonchev–Trinajstić information content (AvgIpc) is 1.60. The molecular formula is C64H108N2O51. The Labute approximate surface area is 660 Å². The normalized spacial score (nSPS) is 51.0. The zero-order valence-corrected chi connectivity index (χ0v) is 61.9. The van der Waals surface area contributed by atoms with Crippen LogP contribution >= 0.6 is 0 Å². The lowest BCUT2D eigenvalue weighted by atomic mass is 9.94. The molecule has 0 aliphatic carbocycles. The minimum absolute atomic E-state index is 0.808. The number of nitrogens with one attached hydrogen (secondary N) is 2. The van der Waals surface area contributed by atoms with Gasteiger partial charge in [0.1, 0.15) is 244 Å². The van der Waals surface area contributed by atoms with Gasteiger partial charge >= 0.3 is 0 Å². The molecule has 50 atom stereocenters. The molecular weight excluding hydrogens is 1610 g/mol. The minimum Gasteiger partial charge on any atom is -0.394 e. The van der Waals surface area contributed by atoms with Gasteiger partial charge in [-0.15, -0.1) is 0 Å². The summed E-state index contributed by atoms with van der Waals surface area (Å²) in [7, 11) is 0. The Bertz CT molecular complexity index is 3050. The lowest BCUT2D eigenvalue weighted by Gasteiger charge is -2.51. The standard InChI is InChI=1S/C64H108N2O51/c1-13(75)65-25-34(85)48(21(9-73)101-55(25)98)111-56-26(66-14(2)76)35(86)49(22(10-74)107-56)112-61-46(97)50(113-64-53(40(91)31(82)20(8-72)106-64)116-59-44(95)38(89)29(80)18(6-70)104-59)32(83)23(108-61)11-100-63-54(117-60-45(96)41(92)47(110-60)15(77)3-67)51(114-57-42(93)36(87)27(78)16(4-68)102-57)33(84)24(109-63)12-99-62-52(39(90)30(81)19(7-71)105-62)115-58-43(94)37(88)28(79)17(5-69)103-58/h15-64,67-74,77-98H,3-12H2,1-2H3,(H,65,75)(H,66,76). The predicted molar refractivity (Wildman–Crippen MR) is 353 cm³/mol. The zero-order valence-electron chi connectivity index (χ0n) is 61.9. The van der Waals surface area contributed by atoms with E-state index in [1.54, 1.807) is 0 Å². The summed E-state index contributed by atoms with van der Waals surface area (Å²) in [5.74, 6) is -1.78. The molecule has 32 N–H and O–H groups in total. The molecule has 2 amide bonds. The van der Waals surface area contributed by atoms with Gasteiger partial charge in [0.2, 0.25) is 11.8 Å². The Balaban J connectivity index is 1.04. The fourth-order valence-corrected chi connectivity index (χ4v) is 15.0. The Morgan fingerprint density at radius 3 is 1.01 bits per heavy atom. The maximum absolute atomic E-state index is 13.1. The minimum atomic E-state index is -2.63. The topological polar surface area (TPSA) is 840 Å². The van der Waals surface area contributed by atoms with Crippen molar-refractivity contribution in [2.75, 3.05) is 66.1 Å². The summed E-state index contributed by atoms with van der Waals surface area (Å²) in [6, 6.07) is -3.65. The first-order valence-electron chi connectivity index (χ1n) is 37.2. The average molecular weight is 1720 g/mol. The van der Waals surface area contributed by atoms with Crippen LogP contribution in [-0.4, -0.2) is 538 Å². The monoisotopic (exact) mass is 1720 g/mol. The van der Waals surface area contributed by atoms with Crippen LogP contribution < -0.4 is 10.6 Å². The van der Waals surface area contributed by atoms with Crippen LogP contribution in [0.2, 0.25) is 0 Å². The molecule has 680 valence electrons. The zero-order chi connectivity index (χ0) is 85.9. The molecule has 50 unspecified atom stereocenters. The summed E-state index contributed by atoms with van der Waals surface area (Å²) in [6.45, 7) is -9.58. The van der Waals surface area contributed by atoms with Gasteiger partial charge in [-0.05, 0) is 0 Å². The van der Waals surface area contributed by atoms with E-state index in [9.17, 15) is 163 Å². The number of aliphatic hydroxyl groups excluding tert-OH is 30. The number of carbonyl (C=O) groups is 2. The van der Waals surface area contributed by atoms with Gasteiger partial charge in [-0.3, -0.25) is 9.59 Å². The molecule has 53 nitrogen and oxygen atoms in total. The van der Waals surface area contributed by atoms with Crippen LogP contribution in [-0.2, 0) is 99.6 Å². The number of carbonyl (C=O) groups excluding carboxylic acids is 2. The molecule has 0 radical (unpaired) electrons. The summed E-state index contributed by atoms with van der Waals surface area (Å²) in [5, 5.41) is 337. The molecule has 10 aliphatic rings. The lowest BCUT2D eigenvalue weighted by molar-refractivity contribution is -0.402. The van der Waals surface area contributed by atoms with Crippen molar-refractivity contribution in [3.63, 3.8) is 0 Å². The summed E-state index contributed by atoms with van der Waals surface area (Å²) in [6.07, 6.45) is -105. The van der Waals surface area contributed by atoms with Crippen molar-refractivity contribution in [1.29, 1.82) is 0 Å². The van der Waals surface area contributed by atoms with E-state index in [0.29, 0.717) is 0 Å². The van der Waals surface area contributed by atoms with E-state index in [4.69, 9.17) is 90.0 Å². The molecule has 0 aromatic carbocycles. The quantitative estimate of drug-likeness (QED) is 0.0306. The number of aliphatic hydroxyl groups is 30. The van der Waals surface area contributed by atoms with Crippen LogP contribution in [0.4, 0.5) is 0 Å². The third-order valence-electron chi connectivity index (χ3n) is 21.6. The van der Waals surface area contributed by atoms with Gasteiger partial charge in [0, 0.05) is 13.8 Å². The molecule has 0 bridgehead atoms. The molecule has 0 aromatic heterocycles. The van der Waals surface area contributed by atoms with Crippen LogP contribution in [0, 0.1) is 0 Å². The van der Waals surface area contributed by atoms with Gasteiger partial charge in [-0.2, -0.15) is 0 Å². The van der Waals surface area contributed by atoms with Gasteiger partial charge in [-0.1, -0.05) is 0 Å². The molecule has 117 heavy (non-hydrogen) atoms. The molecule has 0 spiro atoms. The van der Waals surface area contributed by atoms with Crippen LogP contribution in [0.1, 0.15) is 13.8 Å². The van der Waals surface area contributed by atoms with Crippen molar-refractivity contribution >= 4 is 11.8 Å². The Morgan fingerprint density at radius 2 is 0.564 bits per heavy atom. The Hall–Kier alpha value is -3.02. The van der Waals surface area contributed by atoms with E-state index in [1.165, 1.54) is 0 Å². The van der Waals surface area contributed by atoms with E-state index in [0.717, 1.165) is 13.8 Å². The maximum Gasteiger partial charge on any atom is 0.217 e. The summed E-state index contributed by atoms with van der Waals surface area (Å²) in [4.78, 5) is 25.2. The lowest BCUT2D eigenvalue weighted by Crippen LogP contribution is -2.70. The predicted octanol–water partition coefficient (Wildman–Crippen LogP) is -22.5. The molecule has 10 rings (SSSR count). The van der Waals surface area contributed by atoms with E-state index < -0.39 is 385 Å². The number of rotatable bonds is 31. The van der Waals surface area contributed by atoms with Gasteiger partial charge in [0.15, 0.2) is 62.9 Å². The fourth-order valence-electron chi connectivity index (χ4n) is 15.0. The van der Waals surface area contributed by atoms with Gasteiger partial charge in [-0.25, -0.2) is 0 Å². The Morgan fingerprint density at radius 1 is 0.265 bits per heavy atom. The Kier molecular flexibility index (Phi) is 34.4. The smallest absolute Gasteiger partial charge is 0.217 e. The van der Waals surface area contributed by atoms with Crippen LogP contribution in [0.25, 0.3) is 0 Å². The maximum atomic E-state index is 13.1. The second kappa shape index (κ2) is 41.9.